The summed E-state index contributed by atoms with van der Waals surface area (Å²) in [4.78, 5) is 11.2. The molecule has 1 saturated heterocycles. The lowest BCUT2D eigenvalue weighted by Gasteiger charge is -2.25. The standard InChI is InChI=1S/C25H21ClN4OS/c1-16-18(8-6-9-19(16)26)21-11-12-22(31-21)24-23(20-10-3-5-14-28-20)29-25(32)30(24)15-17-7-2-4-13-27-17/h2-14,23-24H,15H2,1H3,(H,29,32). The molecule has 1 fully saturated rings. The molecule has 1 N–H and O–H groups in total. The molecule has 1 aliphatic rings. The first kappa shape index (κ1) is 20.7. The molecule has 0 aliphatic carbocycles. The minimum absolute atomic E-state index is 0.146. The van der Waals surface area contributed by atoms with Gasteiger partial charge in [0, 0.05) is 23.0 Å². The molecule has 7 heteroatoms. The van der Waals surface area contributed by atoms with E-state index in [-0.39, 0.29) is 12.1 Å². The maximum absolute atomic E-state index is 6.41. The Balaban J connectivity index is 1.56. The molecule has 5 nitrogen and oxygen atoms in total. The van der Waals surface area contributed by atoms with Crippen molar-refractivity contribution in [1.82, 2.24) is 20.2 Å². The van der Waals surface area contributed by atoms with Gasteiger partial charge in [-0.3, -0.25) is 9.97 Å². The highest BCUT2D eigenvalue weighted by Gasteiger charge is 2.41. The monoisotopic (exact) mass is 460 g/mol. The van der Waals surface area contributed by atoms with E-state index in [4.69, 9.17) is 28.2 Å². The van der Waals surface area contributed by atoms with Gasteiger partial charge in [0.05, 0.1) is 24.0 Å². The molecular weight excluding hydrogens is 440 g/mol. The Morgan fingerprint density at radius 1 is 1.00 bits per heavy atom. The molecule has 2 unspecified atom stereocenters. The summed E-state index contributed by atoms with van der Waals surface area (Å²) in [5.74, 6) is 1.58. The van der Waals surface area contributed by atoms with Crippen molar-refractivity contribution in [1.29, 1.82) is 0 Å². The quantitative estimate of drug-likeness (QED) is 0.376. The summed E-state index contributed by atoms with van der Waals surface area (Å²) in [5, 5.41) is 4.81. The highest BCUT2D eigenvalue weighted by atomic mass is 35.5. The number of thiocarbonyl (C=S) groups is 1. The normalized spacial score (nSPS) is 18.1. The molecular formula is C25H21ClN4OS. The van der Waals surface area contributed by atoms with Crippen molar-refractivity contribution in [2.24, 2.45) is 0 Å². The molecule has 3 aromatic heterocycles. The highest BCUT2D eigenvalue weighted by molar-refractivity contribution is 7.80. The fourth-order valence-electron chi connectivity index (χ4n) is 4.08. The molecule has 1 aromatic carbocycles. The Bertz CT molecular complexity index is 1250. The van der Waals surface area contributed by atoms with Crippen molar-refractivity contribution < 1.29 is 4.42 Å². The molecule has 0 bridgehead atoms. The summed E-state index contributed by atoms with van der Waals surface area (Å²) >= 11 is 12.1. The minimum atomic E-state index is -0.173. The number of benzene rings is 1. The lowest BCUT2D eigenvalue weighted by Crippen LogP contribution is -2.29. The lowest BCUT2D eigenvalue weighted by atomic mass is 10.0. The van der Waals surface area contributed by atoms with Crippen LogP contribution in [0, 0.1) is 6.92 Å². The Hall–Kier alpha value is -3.22. The number of hydrogen-bond acceptors (Lipinski definition) is 4. The number of hydrogen-bond donors (Lipinski definition) is 1. The van der Waals surface area contributed by atoms with Crippen molar-refractivity contribution in [2.45, 2.75) is 25.6 Å². The van der Waals surface area contributed by atoms with E-state index in [1.807, 2.05) is 73.7 Å². The summed E-state index contributed by atoms with van der Waals surface area (Å²) in [6.07, 6.45) is 3.58. The van der Waals surface area contributed by atoms with Crippen LogP contribution in [0.15, 0.2) is 83.5 Å². The van der Waals surface area contributed by atoms with Gasteiger partial charge in [0.1, 0.15) is 17.6 Å². The predicted molar refractivity (Wildman–Crippen MR) is 129 cm³/mol. The van der Waals surface area contributed by atoms with E-state index in [1.165, 1.54) is 0 Å². The molecule has 0 spiro atoms. The number of nitrogens with one attached hydrogen (secondary N) is 1. The second kappa shape index (κ2) is 8.73. The molecule has 0 radical (unpaired) electrons. The second-order valence-corrected chi connectivity index (χ2v) is 8.48. The smallest absolute Gasteiger partial charge is 0.170 e. The number of nitrogens with zero attached hydrogens (tertiary/aromatic N) is 3. The summed E-state index contributed by atoms with van der Waals surface area (Å²) in [7, 11) is 0. The van der Waals surface area contributed by atoms with Gasteiger partial charge in [-0.1, -0.05) is 35.9 Å². The number of aromatic nitrogens is 2. The van der Waals surface area contributed by atoms with E-state index in [1.54, 1.807) is 12.4 Å². The van der Waals surface area contributed by atoms with Gasteiger partial charge in [0.15, 0.2) is 5.11 Å². The van der Waals surface area contributed by atoms with Crippen molar-refractivity contribution in [3.05, 3.63) is 107 Å². The Morgan fingerprint density at radius 3 is 2.56 bits per heavy atom. The molecule has 160 valence electrons. The minimum Gasteiger partial charge on any atom is -0.459 e. The van der Waals surface area contributed by atoms with E-state index < -0.39 is 0 Å². The van der Waals surface area contributed by atoms with E-state index >= 15 is 0 Å². The Labute approximate surface area is 197 Å². The lowest BCUT2D eigenvalue weighted by molar-refractivity contribution is 0.267. The fourth-order valence-corrected chi connectivity index (χ4v) is 4.56. The zero-order valence-electron chi connectivity index (χ0n) is 17.4. The van der Waals surface area contributed by atoms with Crippen LogP contribution in [0.2, 0.25) is 5.02 Å². The Morgan fingerprint density at radius 2 is 1.81 bits per heavy atom. The van der Waals surface area contributed by atoms with Crippen molar-refractivity contribution >= 4 is 28.9 Å². The number of pyridine rings is 2. The summed E-state index contributed by atoms with van der Waals surface area (Å²) in [6.45, 7) is 2.56. The molecule has 0 amide bonds. The van der Waals surface area contributed by atoms with Crippen LogP contribution in [-0.2, 0) is 6.54 Å². The van der Waals surface area contributed by atoms with Gasteiger partial charge < -0.3 is 14.6 Å². The van der Waals surface area contributed by atoms with Gasteiger partial charge in [-0.2, -0.15) is 0 Å². The van der Waals surface area contributed by atoms with Crippen LogP contribution in [-0.4, -0.2) is 20.0 Å². The predicted octanol–water partition coefficient (Wildman–Crippen LogP) is 5.87. The van der Waals surface area contributed by atoms with Crippen LogP contribution in [0.5, 0.6) is 0 Å². The topological polar surface area (TPSA) is 54.2 Å². The van der Waals surface area contributed by atoms with Gasteiger partial charge in [-0.25, -0.2) is 0 Å². The first-order valence-corrected chi connectivity index (χ1v) is 11.1. The molecule has 4 heterocycles. The van der Waals surface area contributed by atoms with Gasteiger partial charge >= 0.3 is 0 Å². The maximum atomic E-state index is 6.41. The molecule has 0 saturated carbocycles. The van der Waals surface area contributed by atoms with Crippen LogP contribution >= 0.6 is 23.8 Å². The average Bonchev–Trinajstić information content (AvgIpc) is 3.42. The van der Waals surface area contributed by atoms with Crippen molar-refractivity contribution in [3.8, 4) is 11.3 Å². The number of furan rings is 1. The summed E-state index contributed by atoms with van der Waals surface area (Å²) < 4.78 is 6.41. The van der Waals surface area contributed by atoms with Crippen LogP contribution < -0.4 is 5.32 Å². The summed E-state index contributed by atoms with van der Waals surface area (Å²) in [5.41, 5.74) is 3.80. The van der Waals surface area contributed by atoms with Crippen LogP contribution in [0.3, 0.4) is 0 Å². The largest absolute Gasteiger partial charge is 0.459 e. The van der Waals surface area contributed by atoms with Gasteiger partial charge in [-0.05, 0) is 67.2 Å². The SMILES string of the molecule is Cc1c(Cl)cccc1-c1ccc(C2C(c3ccccn3)NC(=S)N2Cc2ccccn2)o1. The maximum Gasteiger partial charge on any atom is 0.170 e. The third-order valence-electron chi connectivity index (χ3n) is 5.71. The number of rotatable bonds is 5. The fraction of sp³-hybridized carbons (Fsp3) is 0.160. The third kappa shape index (κ3) is 3.87. The first-order valence-electron chi connectivity index (χ1n) is 10.3. The number of halogens is 1. The van der Waals surface area contributed by atoms with Crippen LogP contribution in [0.1, 0.15) is 34.8 Å². The van der Waals surface area contributed by atoms with Crippen LogP contribution in [0.25, 0.3) is 11.3 Å². The highest BCUT2D eigenvalue weighted by Crippen LogP contribution is 2.41. The first-order chi connectivity index (χ1) is 15.6. The second-order valence-electron chi connectivity index (χ2n) is 7.69. The molecule has 1 aliphatic heterocycles. The van der Waals surface area contributed by atoms with Gasteiger partial charge in [0.2, 0.25) is 0 Å². The van der Waals surface area contributed by atoms with E-state index in [2.05, 4.69) is 20.2 Å². The van der Waals surface area contributed by atoms with Crippen molar-refractivity contribution in [2.75, 3.05) is 0 Å². The average molecular weight is 461 g/mol. The van der Waals surface area contributed by atoms with Crippen molar-refractivity contribution in [3.63, 3.8) is 0 Å². The molecule has 32 heavy (non-hydrogen) atoms. The molecule has 2 atom stereocenters. The zero-order valence-corrected chi connectivity index (χ0v) is 19.0. The summed E-state index contributed by atoms with van der Waals surface area (Å²) in [6, 6.07) is 21.3. The van der Waals surface area contributed by atoms with Gasteiger partial charge in [-0.15, -0.1) is 0 Å². The van der Waals surface area contributed by atoms with E-state index in [9.17, 15) is 0 Å². The van der Waals surface area contributed by atoms with Crippen LogP contribution in [0.4, 0.5) is 0 Å². The molecule has 5 rings (SSSR count). The molecule has 4 aromatic rings. The van der Waals surface area contributed by atoms with E-state index in [0.717, 1.165) is 34.0 Å². The Kier molecular flexibility index (Phi) is 5.64. The van der Waals surface area contributed by atoms with Gasteiger partial charge in [0.25, 0.3) is 0 Å². The van der Waals surface area contributed by atoms with E-state index in [0.29, 0.717) is 16.7 Å². The zero-order chi connectivity index (χ0) is 22.1. The third-order valence-corrected chi connectivity index (χ3v) is 6.47.